The molecule has 40 heavy (non-hydrogen) atoms. The highest BCUT2D eigenvalue weighted by Crippen LogP contribution is 2.39. The summed E-state index contributed by atoms with van der Waals surface area (Å²) in [6.45, 7) is 3.29. The number of carbonyl (C=O) groups is 1. The third kappa shape index (κ3) is 6.09. The third-order valence-electron chi connectivity index (χ3n) is 8.26. The minimum atomic E-state index is -0.0840. The number of piperidine rings is 1. The summed E-state index contributed by atoms with van der Waals surface area (Å²) >= 11 is 1.86. The van der Waals surface area contributed by atoms with Crippen molar-refractivity contribution in [3.05, 3.63) is 143 Å². The molecule has 4 aromatic rings. The fourth-order valence-electron chi connectivity index (χ4n) is 6.20. The highest BCUT2D eigenvalue weighted by molar-refractivity contribution is 7.98. The van der Waals surface area contributed by atoms with Crippen LogP contribution in [0, 0.1) is 0 Å². The van der Waals surface area contributed by atoms with Crippen LogP contribution in [0.1, 0.15) is 59.5 Å². The van der Waals surface area contributed by atoms with Crippen LogP contribution >= 0.6 is 11.8 Å². The van der Waals surface area contributed by atoms with E-state index in [9.17, 15) is 4.79 Å². The van der Waals surface area contributed by atoms with E-state index in [0.717, 1.165) is 44.6 Å². The van der Waals surface area contributed by atoms with Gasteiger partial charge < -0.3 is 10.2 Å². The Hall–Kier alpha value is -3.60. The van der Waals surface area contributed by atoms with Crippen molar-refractivity contribution in [2.24, 2.45) is 0 Å². The van der Waals surface area contributed by atoms with Gasteiger partial charge in [0.15, 0.2) is 0 Å². The molecule has 202 valence electrons. The van der Waals surface area contributed by atoms with Crippen molar-refractivity contribution in [1.82, 2.24) is 5.32 Å². The third-order valence-corrected chi connectivity index (χ3v) is 9.40. The summed E-state index contributed by atoms with van der Waals surface area (Å²) in [7, 11) is 0. The topological polar surface area (TPSA) is 33.5 Å². The SMILES string of the molecule is O=C(CCC[NH+]1CCC(=C(c2ccccc2)c2ccccc2)CC1)N[C@H]1c2ccccc2CSc2ccccc21. The minimum absolute atomic E-state index is 0.0840. The molecule has 1 fully saturated rings. The lowest BCUT2D eigenvalue weighted by atomic mass is 9.88. The van der Waals surface area contributed by atoms with Gasteiger partial charge in [0.2, 0.25) is 5.91 Å². The highest BCUT2D eigenvalue weighted by Gasteiger charge is 2.26. The number of carbonyl (C=O) groups excluding carboxylic acids is 1. The molecule has 0 unspecified atom stereocenters. The van der Waals surface area contributed by atoms with Crippen LogP contribution in [0.15, 0.2) is 120 Å². The van der Waals surface area contributed by atoms with E-state index >= 15 is 0 Å². The zero-order valence-corrected chi connectivity index (χ0v) is 23.8. The molecule has 2 N–H and O–H groups in total. The Morgan fingerprint density at radius 3 is 2.05 bits per heavy atom. The van der Waals surface area contributed by atoms with Gasteiger partial charge in [-0.15, -0.1) is 11.8 Å². The molecule has 4 aromatic carbocycles. The first-order valence-corrected chi connectivity index (χ1v) is 15.5. The first-order chi connectivity index (χ1) is 19.8. The quantitative estimate of drug-likeness (QED) is 0.280. The Kier molecular flexibility index (Phi) is 8.46. The molecule has 3 nitrogen and oxygen atoms in total. The van der Waals surface area contributed by atoms with Crippen molar-refractivity contribution >= 4 is 23.2 Å². The second-order valence-electron chi connectivity index (χ2n) is 10.8. The molecule has 0 radical (unpaired) electrons. The van der Waals surface area contributed by atoms with Crippen LogP contribution in [0.2, 0.25) is 0 Å². The number of fused-ring (bicyclic) bond motifs is 2. The summed E-state index contributed by atoms with van der Waals surface area (Å²) in [5.74, 6) is 1.08. The average Bonchev–Trinajstić information content (AvgIpc) is 3.16. The van der Waals surface area contributed by atoms with Crippen LogP contribution in [0.4, 0.5) is 0 Å². The monoisotopic (exact) mass is 545 g/mol. The van der Waals surface area contributed by atoms with Gasteiger partial charge in [0, 0.05) is 36.3 Å². The zero-order chi connectivity index (χ0) is 27.1. The van der Waals surface area contributed by atoms with E-state index in [-0.39, 0.29) is 11.9 Å². The van der Waals surface area contributed by atoms with Gasteiger partial charge in [-0.2, -0.15) is 0 Å². The van der Waals surface area contributed by atoms with Crippen LogP contribution in [0.3, 0.4) is 0 Å². The van der Waals surface area contributed by atoms with Crippen LogP contribution in [-0.2, 0) is 10.5 Å². The van der Waals surface area contributed by atoms with Crippen molar-refractivity contribution in [2.75, 3.05) is 19.6 Å². The predicted octanol–water partition coefficient (Wildman–Crippen LogP) is 6.46. The maximum Gasteiger partial charge on any atom is 0.220 e. The molecule has 0 saturated carbocycles. The molecule has 1 saturated heterocycles. The molecule has 2 aliphatic rings. The van der Waals surface area contributed by atoms with E-state index in [0.29, 0.717) is 6.42 Å². The van der Waals surface area contributed by atoms with E-state index in [1.165, 1.54) is 38.3 Å². The van der Waals surface area contributed by atoms with Gasteiger partial charge in [0.25, 0.3) is 0 Å². The van der Waals surface area contributed by atoms with Crippen molar-refractivity contribution in [2.45, 2.75) is 42.4 Å². The Balaban J connectivity index is 1.07. The van der Waals surface area contributed by atoms with Gasteiger partial charge >= 0.3 is 0 Å². The Morgan fingerprint density at radius 1 is 0.750 bits per heavy atom. The first kappa shape index (κ1) is 26.6. The van der Waals surface area contributed by atoms with E-state index in [1.54, 1.807) is 10.5 Å². The largest absolute Gasteiger partial charge is 0.345 e. The van der Waals surface area contributed by atoms with Crippen LogP contribution in [-0.4, -0.2) is 25.5 Å². The van der Waals surface area contributed by atoms with Gasteiger partial charge in [-0.1, -0.05) is 109 Å². The van der Waals surface area contributed by atoms with Gasteiger partial charge in [-0.3, -0.25) is 4.79 Å². The van der Waals surface area contributed by atoms with E-state index in [2.05, 4.69) is 115 Å². The number of hydrogen-bond acceptors (Lipinski definition) is 2. The lowest BCUT2D eigenvalue weighted by Gasteiger charge is -2.28. The smallest absolute Gasteiger partial charge is 0.220 e. The molecule has 2 heterocycles. The van der Waals surface area contributed by atoms with Crippen LogP contribution in [0.5, 0.6) is 0 Å². The number of quaternary nitrogens is 1. The summed E-state index contributed by atoms with van der Waals surface area (Å²) in [6, 6.07) is 38.6. The number of thioether (sulfide) groups is 1. The zero-order valence-electron chi connectivity index (χ0n) is 22.9. The summed E-state index contributed by atoms with van der Waals surface area (Å²) in [5.41, 5.74) is 9.32. The molecule has 0 aromatic heterocycles. The van der Waals surface area contributed by atoms with Crippen molar-refractivity contribution in [3.63, 3.8) is 0 Å². The molecule has 0 aliphatic carbocycles. The first-order valence-electron chi connectivity index (χ1n) is 14.5. The maximum absolute atomic E-state index is 13.2. The van der Waals surface area contributed by atoms with Crippen LogP contribution < -0.4 is 10.2 Å². The second-order valence-corrected chi connectivity index (χ2v) is 11.9. The summed E-state index contributed by atoms with van der Waals surface area (Å²) in [5, 5.41) is 3.40. The van der Waals surface area contributed by atoms with Crippen molar-refractivity contribution in [1.29, 1.82) is 0 Å². The Morgan fingerprint density at radius 2 is 1.35 bits per heavy atom. The maximum atomic E-state index is 13.2. The molecular weight excluding hydrogens is 508 g/mol. The van der Waals surface area contributed by atoms with Crippen molar-refractivity contribution in [3.8, 4) is 0 Å². The Labute approximate surface area is 242 Å². The van der Waals surface area contributed by atoms with Gasteiger partial charge in [-0.05, 0) is 39.5 Å². The number of hydrogen-bond donors (Lipinski definition) is 2. The molecule has 6 rings (SSSR count). The lowest BCUT2D eigenvalue weighted by Crippen LogP contribution is -3.12. The van der Waals surface area contributed by atoms with Gasteiger partial charge in [0.1, 0.15) is 0 Å². The predicted molar refractivity (Wildman–Crippen MR) is 165 cm³/mol. The van der Waals surface area contributed by atoms with Crippen molar-refractivity contribution < 1.29 is 9.69 Å². The van der Waals surface area contributed by atoms with E-state index < -0.39 is 0 Å². The minimum Gasteiger partial charge on any atom is -0.345 e. The van der Waals surface area contributed by atoms with Gasteiger partial charge in [0.05, 0.1) is 25.7 Å². The Bertz CT molecular complexity index is 1380. The fourth-order valence-corrected chi connectivity index (χ4v) is 7.30. The number of amides is 1. The molecule has 1 amide bonds. The summed E-state index contributed by atoms with van der Waals surface area (Å²) < 4.78 is 0. The second kappa shape index (κ2) is 12.7. The average molecular weight is 546 g/mol. The number of benzene rings is 4. The van der Waals surface area contributed by atoms with Gasteiger partial charge in [-0.25, -0.2) is 0 Å². The molecule has 2 aliphatic heterocycles. The molecule has 0 spiro atoms. The van der Waals surface area contributed by atoms with E-state index in [1.807, 2.05) is 11.8 Å². The normalized spacial score (nSPS) is 18.2. The molecule has 1 atom stereocenters. The van der Waals surface area contributed by atoms with Crippen LogP contribution in [0.25, 0.3) is 5.57 Å². The van der Waals surface area contributed by atoms with E-state index in [4.69, 9.17) is 0 Å². The summed E-state index contributed by atoms with van der Waals surface area (Å²) in [6.07, 6.45) is 3.69. The fraction of sp³-hybridized carbons (Fsp3) is 0.250. The number of nitrogens with one attached hydrogen (secondary N) is 2. The number of likely N-dealkylation sites (tertiary alicyclic amines) is 1. The highest BCUT2D eigenvalue weighted by atomic mass is 32.2. The summed E-state index contributed by atoms with van der Waals surface area (Å²) in [4.78, 5) is 16.1. The standard InChI is InChI=1S/C36H36N2OS/c39-34(37-36-31-17-8-7-16-30(31)26-40-33-19-10-9-18-32(33)36)20-11-23-38-24-21-29(22-25-38)35(27-12-3-1-4-13-27)28-14-5-2-6-15-28/h1-10,12-19,36H,11,20-26H2,(H,37,39)/p+1/t36-/m0/s1. The lowest BCUT2D eigenvalue weighted by molar-refractivity contribution is -0.903. The number of rotatable bonds is 7. The molecular formula is C36H37N2OS+. The molecule has 0 bridgehead atoms. The molecule has 4 heteroatoms.